The van der Waals surface area contributed by atoms with Gasteiger partial charge in [-0.1, -0.05) is 12.1 Å². The van der Waals surface area contributed by atoms with E-state index in [1.54, 1.807) is 0 Å². The van der Waals surface area contributed by atoms with Gasteiger partial charge in [-0.15, -0.1) is 0 Å². The second kappa shape index (κ2) is 10.3. The summed E-state index contributed by atoms with van der Waals surface area (Å²) in [5, 5.41) is 2.41. The molecule has 1 amide bonds. The highest BCUT2D eigenvalue weighted by Crippen LogP contribution is 2.33. The van der Waals surface area contributed by atoms with Crippen molar-refractivity contribution in [2.75, 3.05) is 5.32 Å². The number of alkyl halides is 5. The minimum absolute atomic E-state index is 0.0822. The van der Waals surface area contributed by atoms with E-state index in [4.69, 9.17) is 5.73 Å². The van der Waals surface area contributed by atoms with Crippen molar-refractivity contribution < 1.29 is 35.2 Å². The van der Waals surface area contributed by atoms with E-state index in [1.165, 1.54) is 36.4 Å². The molecule has 0 spiro atoms. The van der Waals surface area contributed by atoms with E-state index < -0.39 is 44.4 Å². The first-order valence-electron chi connectivity index (χ1n) is 11.6. The van der Waals surface area contributed by atoms with E-state index in [2.05, 4.69) is 15.3 Å². The lowest BCUT2D eigenvalue weighted by Gasteiger charge is -2.29. The molecule has 1 aliphatic carbocycles. The number of hydrogen-bond donors (Lipinski definition) is 2. The summed E-state index contributed by atoms with van der Waals surface area (Å²) in [4.78, 5) is 18.5. The first kappa shape index (κ1) is 27.4. The molecule has 202 valence electrons. The molecular formula is C25H23F5N4O3S. The van der Waals surface area contributed by atoms with Crippen molar-refractivity contribution in [3.63, 3.8) is 0 Å². The number of amides is 1. The van der Waals surface area contributed by atoms with Crippen molar-refractivity contribution in [1.29, 1.82) is 0 Å². The molecule has 4 rings (SSSR count). The number of anilines is 1. The monoisotopic (exact) mass is 554 g/mol. The average molecular weight is 555 g/mol. The van der Waals surface area contributed by atoms with Crippen LogP contribution < -0.4 is 11.1 Å². The number of primary amides is 1. The van der Waals surface area contributed by atoms with Gasteiger partial charge in [-0.2, -0.15) is 22.0 Å². The number of hydrogen-bond acceptors (Lipinski definition) is 6. The normalized spacial score (nSPS) is 18.7. The average Bonchev–Trinajstić information content (AvgIpc) is 2.89. The number of sulfone groups is 1. The zero-order chi connectivity index (χ0) is 27.7. The second-order valence-corrected chi connectivity index (χ2v) is 11.2. The molecule has 2 aromatic heterocycles. The lowest BCUT2D eigenvalue weighted by Crippen LogP contribution is -2.33. The number of benzene rings is 1. The number of rotatable bonds is 7. The first-order valence-corrected chi connectivity index (χ1v) is 13.1. The predicted molar refractivity (Wildman–Crippen MR) is 129 cm³/mol. The molecule has 2 heterocycles. The van der Waals surface area contributed by atoms with Gasteiger partial charge >= 0.3 is 12.1 Å². The number of carbonyl (C=O) groups excluding carboxylic acids is 1. The fourth-order valence-corrected chi connectivity index (χ4v) is 6.10. The van der Waals surface area contributed by atoms with Crippen LogP contribution in [-0.4, -0.2) is 35.6 Å². The van der Waals surface area contributed by atoms with Crippen LogP contribution in [0.3, 0.4) is 0 Å². The van der Waals surface area contributed by atoms with Crippen molar-refractivity contribution in [1.82, 2.24) is 9.97 Å². The highest BCUT2D eigenvalue weighted by Gasteiger charge is 2.40. The molecule has 0 atom stereocenters. The topological polar surface area (TPSA) is 115 Å². The SMILES string of the molecule is NC(=O)C(F)(F)c1cc(-c2ccc(S(=O)(=O)[C@H]3CC[C@H](Nc4ccc(C(F)(F)F)cn4)CC3)cc2)ccn1. The van der Waals surface area contributed by atoms with Gasteiger partial charge in [0.05, 0.1) is 15.7 Å². The van der Waals surface area contributed by atoms with E-state index in [9.17, 15) is 35.2 Å². The fourth-order valence-electron chi connectivity index (χ4n) is 4.31. The molecule has 13 heteroatoms. The maximum Gasteiger partial charge on any atom is 0.417 e. The Labute approximate surface area is 215 Å². The van der Waals surface area contributed by atoms with Crippen LogP contribution in [-0.2, 0) is 26.7 Å². The molecule has 38 heavy (non-hydrogen) atoms. The van der Waals surface area contributed by atoms with Gasteiger partial charge in [-0.25, -0.2) is 13.4 Å². The number of nitrogens with two attached hydrogens (primary N) is 1. The third-order valence-corrected chi connectivity index (χ3v) is 8.74. The van der Waals surface area contributed by atoms with Gasteiger partial charge in [0.25, 0.3) is 5.91 Å². The number of pyridine rings is 2. The molecule has 3 aromatic rings. The molecule has 3 N–H and O–H groups in total. The molecule has 1 fully saturated rings. The summed E-state index contributed by atoms with van der Waals surface area (Å²) in [6, 6.07) is 10.3. The molecule has 0 bridgehead atoms. The van der Waals surface area contributed by atoms with Crippen LogP contribution in [0.1, 0.15) is 36.9 Å². The molecule has 1 aliphatic rings. The van der Waals surface area contributed by atoms with Crippen LogP contribution in [0.25, 0.3) is 11.1 Å². The third kappa shape index (κ3) is 5.77. The van der Waals surface area contributed by atoms with E-state index >= 15 is 0 Å². The maximum atomic E-state index is 13.9. The Bertz CT molecular complexity index is 1400. The summed E-state index contributed by atoms with van der Waals surface area (Å²) in [5.41, 5.74) is 3.85. The van der Waals surface area contributed by atoms with Crippen LogP contribution in [0.4, 0.5) is 27.8 Å². The number of nitrogens with one attached hydrogen (secondary N) is 1. The summed E-state index contributed by atoms with van der Waals surface area (Å²) in [7, 11) is -3.68. The summed E-state index contributed by atoms with van der Waals surface area (Å²) in [6.45, 7) is 0. The Morgan fingerprint density at radius 1 is 0.895 bits per heavy atom. The molecule has 1 saturated carbocycles. The van der Waals surface area contributed by atoms with Crippen molar-refractivity contribution in [3.8, 4) is 11.1 Å². The summed E-state index contributed by atoms with van der Waals surface area (Å²) in [5.74, 6) is -5.49. The standard InChI is InChI=1S/C25H23F5N4O3S/c26-24(27,23(31)35)21-13-16(11-12-32-21)15-1-6-19(7-2-15)38(36,37)20-8-4-18(5-9-20)34-22-10-3-17(14-33-22)25(28,29)30/h1-3,6-7,10-14,18,20H,4-5,8-9H2,(H2,31,35)(H,33,34)/t18-,20-. The predicted octanol–water partition coefficient (Wildman–Crippen LogP) is 4.94. The zero-order valence-electron chi connectivity index (χ0n) is 19.8. The van der Waals surface area contributed by atoms with Gasteiger partial charge in [0.2, 0.25) is 0 Å². The Kier molecular flexibility index (Phi) is 7.42. The van der Waals surface area contributed by atoms with Crippen LogP contribution in [0.2, 0.25) is 0 Å². The molecule has 1 aromatic carbocycles. The van der Waals surface area contributed by atoms with E-state index in [0.717, 1.165) is 24.5 Å². The summed E-state index contributed by atoms with van der Waals surface area (Å²) >= 11 is 0. The summed E-state index contributed by atoms with van der Waals surface area (Å²) in [6.07, 6.45) is -0.957. The summed E-state index contributed by atoms with van der Waals surface area (Å²) < 4.78 is 92.4. The van der Waals surface area contributed by atoms with Crippen molar-refractivity contribution in [3.05, 3.63) is 72.2 Å². The van der Waals surface area contributed by atoms with Gasteiger partial charge in [0.1, 0.15) is 11.5 Å². The van der Waals surface area contributed by atoms with E-state index in [-0.39, 0.29) is 16.8 Å². The maximum absolute atomic E-state index is 13.9. The highest BCUT2D eigenvalue weighted by molar-refractivity contribution is 7.92. The van der Waals surface area contributed by atoms with Gasteiger partial charge in [-0.3, -0.25) is 9.78 Å². The molecule has 7 nitrogen and oxygen atoms in total. The highest BCUT2D eigenvalue weighted by atomic mass is 32.2. The van der Waals surface area contributed by atoms with Crippen molar-refractivity contribution in [2.24, 2.45) is 5.73 Å². The molecular weight excluding hydrogens is 531 g/mol. The van der Waals surface area contributed by atoms with Gasteiger partial charge < -0.3 is 11.1 Å². The Balaban J connectivity index is 1.40. The number of nitrogens with zero attached hydrogens (tertiary/aromatic N) is 2. The van der Waals surface area contributed by atoms with Crippen molar-refractivity contribution in [2.45, 2.75) is 54.0 Å². The van der Waals surface area contributed by atoms with Gasteiger partial charge in [0, 0.05) is 18.4 Å². The minimum atomic E-state index is -4.48. The molecule has 0 unspecified atom stereocenters. The number of aromatic nitrogens is 2. The lowest BCUT2D eigenvalue weighted by molar-refractivity contribution is -0.143. The minimum Gasteiger partial charge on any atom is -0.367 e. The largest absolute Gasteiger partial charge is 0.417 e. The first-order chi connectivity index (χ1) is 17.8. The van der Waals surface area contributed by atoms with E-state index in [0.29, 0.717) is 36.8 Å². The second-order valence-electron chi connectivity index (χ2n) is 8.99. The Hall–Kier alpha value is -3.61. The van der Waals surface area contributed by atoms with Gasteiger partial charge in [-0.05, 0) is 73.2 Å². The number of halogens is 5. The third-order valence-electron chi connectivity index (χ3n) is 6.46. The Morgan fingerprint density at radius 3 is 2.11 bits per heavy atom. The Morgan fingerprint density at radius 2 is 1.55 bits per heavy atom. The zero-order valence-corrected chi connectivity index (χ0v) is 20.6. The van der Waals surface area contributed by atoms with Crippen molar-refractivity contribution >= 4 is 21.6 Å². The van der Waals surface area contributed by atoms with Crippen LogP contribution in [0.15, 0.2) is 65.8 Å². The van der Waals surface area contributed by atoms with Crippen LogP contribution >= 0.6 is 0 Å². The van der Waals surface area contributed by atoms with Crippen LogP contribution in [0, 0.1) is 0 Å². The van der Waals surface area contributed by atoms with E-state index in [1.807, 2.05) is 0 Å². The lowest BCUT2D eigenvalue weighted by atomic mass is 9.95. The molecule has 0 radical (unpaired) electrons. The quantitative estimate of drug-likeness (QED) is 0.400. The molecule has 0 aliphatic heterocycles. The van der Waals surface area contributed by atoms with Gasteiger partial charge in [0.15, 0.2) is 9.84 Å². The smallest absolute Gasteiger partial charge is 0.367 e. The van der Waals surface area contributed by atoms with Crippen LogP contribution in [0.5, 0.6) is 0 Å². The molecule has 0 saturated heterocycles. The number of carbonyl (C=O) groups is 1. The fraction of sp³-hybridized carbons (Fsp3) is 0.320.